The van der Waals surface area contributed by atoms with E-state index in [-0.39, 0.29) is 23.7 Å². The molecule has 0 heterocycles. The highest BCUT2D eigenvalue weighted by Gasteiger charge is 2.28. The minimum atomic E-state index is -0.480. The van der Waals surface area contributed by atoms with Gasteiger partial charge in [-0.05, 0) is 43.0 Å². The van der Waals surface area contributed by atoms with Gasteiger partial charge >= 0.3 is 0 Å². The molecule has 0 spiro atoms. The molecule has 0 aromatic heterocycles. The van der Waals surface area contributed by atoms with E-state index in [4.69, 9.17) is 0 Å². The summed E-state index contributed by atoms with van der Waals surface area (Å²) in [4.78, 5) is 27.7. The van der Waals surface area contributed by atoms with E-state index in [0.717, 1.165) is 50.9 Å². The van der Waals surface area contributed by atoms with E-state index in [9.17, 15) is 9.59 Å². The fourth-order valence-corrected chi connectivity index (χ4v) is 3.94. The van der Waals surface area contributed by atoms with Gasteiger partial charge in [0.2, 0.25) is 11.8 Å². The highest BCUT2D eigenvalue weighted by atomic mass is 16.2. The summed E-state index contributed by atoms with van der Waals surface area (Å²) in [6.45, 7) is 11.8. The van der Waals surface area contributed by atoms with Gasteiger partial charge in [-0.25, -0.2) is 0 Å². The van der Waals surface area contributed by atoms with Crippen LogP contribution in [-0.4, -0.2) is 35.8 Å². The monoisotopic (exact) mass is 401 g/mol. The van der Waals surface area contributed by atoms with Crippen molar-refractivity contribution in [1.82, 2.24) is 15.5 Å². The molecule has 1 aromatic carbocycles. The number of hydrogen-bond acceptors (Lipinski definition) is 3. The first kappa shape index (κ1) is 23.4. The second-order valence-corrected chi connectivity index (χ2v) is 8.56. The summed E-state index contributed by atoms with van der Waals surface area (Å²) >= 11 is 0. The summed E-state index contributed by atoms with van der Waals surface area (Å²) < 4.78 is 0. The van der Waals surface area contributed by atoms with Crippen LogP contribution in [0.2, 0.25) is 0 Å². The molecule has 1 aromatic rings. The Bertz CT molecular complexity index is 632. The number of nitrogens with zero attached hydrogens (tertiary/aromatic N) is 1. The molecule has 29 heavy (non-hydrogen) atoms. The van der Waals surface area contributed by atoms with E-state index in [1.165, 1.54) is 12.0 Å². The Morgan fingerprint density at radius 3 is 2.14 bits per heavy atom. The molecule has 5 heteroatoms. The van der Waals surface area contributed by atoms with Crippen molar-refractivity contribution in [3.8, 4) is 0 Å². The second kappa shape index (κ2) is 12.0. The molecule has 1 aliphatic rings. The van der Waals surface area contributed by atoms with Crippen LogP contribution in [0.15, 0.2) is 24.3 Å². The van der Waals surface area contributed by atoms with Gasteiger partial charge in [0.15, 0.2) is 0 Å². The molecule has 0 radical (unpaired) electrons. The zero-order chi connectivity index (χ0) is 21.2. The summed E-state index contributed by atoms with van der Waals surface area (Å²) in [5.41, 5.74) is 2.35. The van der Waals surface area contributed by atoms with Crippen LogP contribution in [0.25, 0.3) is 0 Å². The topological polar surface area (TPSA) is 61.4 Å². The normalized spacial score (nSPS) is 16.1. The number of nitrogens with one attached hydrogen (secondary N) is 2. The molecule has 5 nitrogen and oxygen atoms in total. The van der Waals surface area contributed by atoms with Crippen LogP contribution in [0.3, 0.4) is 0 Å². The Kier molecular flexibility index (Phi) is 9.65. The number of carbonyl (C=O) groups is 2. The molecule has 0 bridgehead atoms. The molecular weight excluding hydrogens is 362 g/mol. The van der Waals surface area contributed by atoms with Crippen LogP contribution in [0, 0.1) is 11.8 Å². The summed E-state index contributed by atoms with van der Waals surface area (Å²) in [5.74, 6) is 0.0609. The molecule has 0 unspecified atom stereocenters. The largest absolute Gasteiger partial charge is 0.350 e. The molecular formula is C24H39N3O2. The summed E-state index contributed by atoms with van der Waals surface area (Å²) in [6, 6.07) is 7.93. The maximum Gasteiger partial charge on any atom is 0.243 e. The average molecular weight is 402 g/mol. The van der Waals surface area contributed by atoms with E-state index in [1.54, 1.807) is 0 Å². The summed E-state index contributed by atoms with van der Waals surface area (Å²) in [7, 11) is 0. The molecule has 1 atom stereocenters. The highest BCUT2D eigenvalue weighted by molar-refractivity contribution is 5.88. The Labute approximate surface area is 176 Å². The first-order valence-electron chi connectivity index (χ1n) is 11.3. The van der Waals surface area contributed by atoms with Crippen molar-refractivity contribution in [2.24, 2.45) is 11.8 Å². The van der Waals surface area contributed by atoms with Gasteiger partial charge in [-0.15, -0.1) is 0 Å². The molecule has 0 aliphatic heterocycles. The lowest BCUT2D eigenvalue weighted by Crippen LogP contribution is -2.51. The molecule has 2 rings (SSSR count). The number of benzene rings is 1. The fraction of sp³-hybridized carbons (Fsp3) is 0.667. The lowest BCUT2D eigenvalue weighted by atomic mass is 9.88. The number of carbonyl (C=O) groups excluding carboxylic acids is 2. The van der Waals surface area contributed by atoms with Crippen molar-refractivity contribution in [2.45, 2.75) is 78.9 Å². The van der Waals surface area contributed by atoms with Crippen LogP contribution in [-0.2, 0) is 22.7 Å². The zero-order valence-electron chi connectivity index (χ0n) is 18.7. The third kappa shape index (κ3) is 7.46. The van der Waals surface area contributed by atoms with E-state index >= 15 is 0 Å². The Hall–Kier alpha value is -1.88. The average Bonchev–Trinajstić information content (AvgIpc) is 2.75. The number of rotatable bonds is 10. The van der Waals surface area contributed by atoms with Crippen LogP contribution in [0.5, 0.6) is 0 Å². The molecule has 2 N–H and O–H groups in total. The van der Waals surface area contributed by atoms with Gasteiger partial charge in [-0.3, -0.25) is 14.5 Å². The van der Waals surface area contributed by atoms with Crippen LogP contribution >= 0.6 is 0 Å². The Balaban J connectivity index is 1.87. The zero-order valence-corrected chi connectivity index (χ0v) is 18.7. The van der Waals surface area contributed by atoms with Gasteiger partial charge < -0.3 is 10.6 Å². The van der Waals surface area contributed by atoms with E-state index < -0.39 is 6.04 Å². The Morgan fingerprint density at radius 2 is 1.59 bits per heavy atom. The number of amides is 2. The predicted molar refractivity (Wildman–Crippen MR) is 118 cm³/mol. The third-order valence-electron chi connectivity index (χ3n) is 6.01. The molecule has 2 amide bonds. The van der Waals surface area contributed by atoms with Crippen molar-refractivity contribution in [3.63, 3.8) is 0 Å². The standard InChI is InChI=1S/C24H39N3O2/c1-5-27(6-2)17-20-14-12-19(13-15-20)16-25-24(29)22(18(3)4)26-23(28)21-10-8-7-9-11-21/h12-15,18,21-22H,5-11,16-17H2,1-4H3,(H,25,29)(H,26,28)/t22-/m1/s1. The molecule has 0 saturated heterocycles. The van der Waals surface area contributed by atoms with Gasteiger partial charge in [-0.2, -0.15) is 0 Å². The smallest absolute Gasteiger partial charge is 0.243 e. The van der Waals surface area contributed by atoms with Gasteiger partial charge in [0.05, 0.1) is 0 Å². The van der Waals surface area contributed by atoms with Gasteiger partial charge in [-0.1, -0.05) is 71.2 Å². The lowest BCUT2D eigenvalue weighted by molar-refractivity contribution is -0.132. The lowest BCUT2D eigenvalue weighted by Gasteiger charge is -2.26. The molecule has 1 aliphatic carbocycles. The minimum Gasteiger partial charge on any atom is -0.350 e. The van der Waals surface area contributed by atoms with Crippen LogP contribution < -0.4 is 10.6 Å². The van der Waals surface area contributed by atoms with Crippen molar-refractivity contribution in [2.75, 3.05) is 13.1 Å². The van der Waals surface area contributed by atoms with Crippen molar-refractivity contribution < 1.29 is 9.59 Å². The van der Waals surface area contributed by atoms with Crippen molar-refractivity contribution in [3.05, 3.63) is 35.4 Å². The predicted octanol–water partition coefficient (Wildman–Crippen LogP) is 3.87. The molecule has 1 fully saturated rings. The van der Waals surface area contributed by atoms with Crippen LogP contribution in [0.1, 0.15) is 70.9 Å². The quantitative estimate of drug-likeness (QED) is 0.626. The van der Waals surface area contributed by atoms with Crippen molar-refractivity contribution >= 4 is 11.8 Å². The third-order valence-corrected chi connectivity index (χ3v) is 6.01. The first-order chi connectivity index (χ1) is 13.9. The molecule has 1 saturated carbocycles. The minimum absolute atomic E-state index is 0.0410. The van der Waals surface area contributed by atoms with Crippen molar-refractivity contribution in [1.29, 1.82) is 0 Å². The first-order valence-corrected chi connectivity index (χ1v) is 11.3. The van der Waals surface area contributed by atoms with E-state index in [0.29, 0.717) is 6.54 Å². The highest BCUT2D eigenvalue weighted by Crippen LogP contribution is 2.24. The maximum absolute atomic E-state index is 12.7. The number of hydrogen-bond donors (Lipinski definition) is 2. The summed E-state index contributed by atoms with van der Waals surface area (Å²) in [6.07, 6.45) is 5.32. The summed E-state index contributed by atoms with van der Waals surface area (Å²) in [5, 5.41) is 6.02. The van der Waals surface area contributed by atoms with Crippen LogP contribution in [0.4, 0.5) is 0 Å². The molecule has 162 valence electrons. The Morgan fingerprint density at radius 1 is 1.00 bits per heavy atom. The SMILES string of the molecule is CCN(CC)Cc1ccc(CNC(=O)[C@H](NC(=O)C2CCCCC2)C(C)C)cc1. The fourth-order valence-electron chi connectivity index (χ4n) is 3.94. The maximum atomic E-state index is 12.7. The van der Waals surface area contributed by atoms with E-state index in [1.807, 2.05) is 13.8 Å². The van der Waals surface area contributed by atoms with Gasteiger partial charge in [0.25, 0.3) is 0 Å². The van der Waals surface area contributed by atoms with Gasteiger partial charge in [0.1, 0.15) is 6.04 Å². The van der Waals surface area contributed by atoms with E-state index in [2.05, 4.69) is 53.6 Å². The van der Waals surface area contributed by atoms with Gasteiger partial charge in [0, 0.05) is 19.0 Å². The second-order valence-electron chi connectivity index (χ2n) is 8.56.